The maximum Gasteiger partial charge on any atom is 0.236 e. The fourth-order valence-electron chi connectivity index (χ4n) is 1.40. The second kappa shape index (κ2) is 5.63. The van der Waals surface area contributed by atoms with Gasteiger partial charge in [-0.3, -0.25) is 0 Å². The van der Waals surface area contributed by atoms with Gasteiger partial charge in [-0.25, -0.2) is 8.42 Å². The number of benzene rings is 1. The molecule has 1 rings (SSSR count). The van der Waals surface area contributed by atoms with Gasteiger partial charge in [0.2, 0.25) is 9.05 Å². The second-order valence-corrected chi connectivity index (χ2v) is 6.01. The number of ether oxygens (including phenoxy) is 2. The highest BCUT2D eigenvalue weighted by atomic mass is 35.7. The summed E-state index contributed by atoms with van der Waals surface area (Å²) in [6, 6.07) is 6.91. The first kappa shape index (κ1) is 13.4. The molecular formula is C10H13ClO4S. The molecule has 0 atom stereocenters. The zero-order valence-corrected chi connectivity index (χ0v) is 10.6. The second-order valence-electron chi connectivity index (χ2n) is 3.23. The summed E-state index contributed by atoms with van der Waals surface area (Å²) in [5, 5.41) is 0. The summed E-state index contributed by atoms with van der Waals surface area (Å²) in [7, 11) is 4.66. The van der Waals surface area contributed by atoms with Crippen molar-refractivity contribution >= 4 is 19.7 Å². The summed E-state index contributed by atoms with van der Waals surface area (Å²) in [6.45, 7) is 0. The van der Waals surface area contributed by atoms with Crippen LogP contribution in [0.4, 0.5) is 0 Å². The van der Waals surface area contributed by atoms with E-state index in [1.807, 2.05) is 0 Å². The van der Waals surface area contributed by atoms with E-state index >= 15 is 0 Å². The van der Waals surface area contributed by atoms with Crippen LogP contribution >= 0.6 is 10.7 Å². The van der Waals surface area contributed by atoms with Gasteiger partial charge in [0, 0.05) is 30.5 Å². The minimum Gasteiger partial charge on any atom is -0.352 e. The van der Waals surface area contributed by atoms with Gasteiger partial charge in [0.15, 0.2) is 6.29 Å². The number of halogens is 1. The Bertz CT molecular complexity index is 440. The lowest BCUT2D eigenvalue weighted by Crippen LogP contribution is -2.04. The molecule has 90 valence electrons. The van der Waals surface area contributed by atoms with Crippen LogP contribution in [-0.2, 0) is 24.3 Å². The number of methoxy groups -OCH3 is 2. The van der Waals surface area contributed by atoms with E-state index in [1.165, 1.54) is 14.2 Å². The van der Waals surface area contributed by atoms with Gasteiger partial charge in [-0.05, 0) is 11.6 Å². The molecule has 1 aromatic rings. The zero-order chi connectivity index (χ0) is 12.2. The first-order valence-electron chi connectivity index (χ1n) is 4.53. The summed E-state index contributed by atoms with van der Waals surface area (Å²) in [6.07, 6.45) is -0.502. The summed E-state index contributed by atoms with van der Waals surface area (Å²) < 4.78 is 32.0. The van der Waals surface area contributed by atoms with Crippen LogP contribution in [0.5, 0.6) is 0 Å². The Balaban J connectivity index is 2.95. The highest BCUT2D eigenvalue weighted by Crippen LogP contribution is 2.20. The van der Waals surface area contributed by atoms with E-state index in [2.05, 4.69) is 0 Å². The van der Waals surface area contributed by atoms with Crippen LogP contribution in [0.3, 0.4) is 0 Å². The molecule has 0 saturated heterocycles. The Morgan fingerprint density at radius 1 is 1.31 bits per heavy atom. The van der Waals surface area contributed by atoms with Gasteiger partial charge in [-0.2, -0.15) is 0 Å². The fourth-order valence-corrected chi connectivity index (χ4v) is 2.35. The maximum atomic E-state index is 10.9. The van der Waals surface area contributed by atoms with Crippen LogP contribution in [0.1, 0.15) is 17.4 Å². The first-order chi connectivity index (χ1) is 7.46. The van der Waals surface area contributed by atoms with E-state index in [9.17, 15) is 8.42 Å². The molecule has 0 aliphatic carbocycles. The summed E-state index contributed by atoms with van der Waals surface area (Å²) in [5.74, 6) is -0.206. The predicted octanol–water partition coefficient (Wildman–Crippen LogP) is 2.05. The molecule has 4 nitrogen and oxygen atoms in total. The van der Waals surface area contributed by atoms with Crippen molar-refractivity contribution in [3.8, 4) is 0 Å². The van der Waals surface area contributed by atoms with E-state index in [0.717, 1.165) is 5.56 Å². The van der Waals surface area contributed by atoms with Crippen LogP contribution < -0.4 is 0 Å². The number of hydrogen-bond donors (Lipinski definition) is 0. The van der Waals surface area contributed by atoms with Gasteiger partial charge in [0.1, 0.15) is 0 Å². The third-order valence-corrected chi connectivity index (χ3v) is 3.00. The molecule has 0 amide bonds. The van der Waals surface area contributed by atoms with E-state index in [1.54, 1.807) is 24.3 Å². The van der Waals surface area contributed by atoms with Gasteiger partial charge < -0.3 is 9.47 Å². The Kier molecular flexibility index (Phi) is 4.73. The fraction of sp³-hybridized carbons (Fsp3) is 0.400. The molecule has 6 heteroatoms. The van der Waals surface area contributed by atoms with Crippen molar-refractivity contribution < 1.29 is 17.9 Å². The minimum atomic E-state index is -3.54. The average molecular weight is 265 g/mol. The zero-order valence-electron chi connectivity index (χ0n) is 9.01. The van der Waals surface area contributed by atoms with Crippen LogP contribution in [0, 0.1) is 0 Å². The molecule has 0 radical (unpaired) electrons. The van der Waals surface area contributed by atoms with Gasteiger partial charge in [-0.1, -0.05) is 18.2 Å². The molecule has 0 aliphatic heterocycles. The molecule has 0 saturated carbocycles. The third-order valence-electron chi connectivity index (χ3n) is 1.99. The van der Waals surface area contributed by atoms with Gasteiger partial charge in [0.25, 0.3) is 0 Å². The lowest BCUT2D eigenvalue weighted by molar-refractivity contribution is -0.106. The SMILES string of the molecule is COC(OC)c1cccc(CS(=O)(=O)Cl)c1. The number of hydrogen-bond acceptors (Lipinski definition) is 4. The quantitative estimate of drug-likeness (QED) is 0.603. The highest BCUT2D eigenvalue weighted by Gasteiger charge is 2.12. The number of rotatable bonds is 5. The van der Waals surface area contributed by atoms with E-state index < -0.39 is 15.3 Å². The molecule has 0 fully saturated rings. The van der Waals surface area contributed by atoms with Crippen molar-refractivity contribution in [3.05, 3.63) is 35.4 Å². The standard InChI is InChI=1S/C10H13ClO4S/c1-14-10(15-2)9-5-3-4-8(6-9)7-16(11,12)13/h3-6,10H,7H2,1-2H3. The summed E-state index contributed by atoms with van der Waals surface area (Å²) in [5.41, 5.74) is 1.36. The van der Waals surface area contributed by atoms with Crippen LogP contribution in [-0.4, -0.2) is 22.6 Å². The Morgan fingerprint density at radius 3 is 2.44 bits per heavy atom. The van der Waals surface area contributed by atoms with Crippen LogP contribution in [0.15, 0.2) is 24.3 Å². The molecular weight excluding hydrogens is 252 g/mol. The average Bonchev–Trinajstić information content (AvgIpc) is 2.17. The third kappa shape index (κ3) is 4.09. The van der Waals surface area contributed by atoms with E-state index in [0.29, 0.717) is 5.56 Å². The maximum absolute atomic E-state index is 10.9. The molecule has 0 N–H and O–H groups in total. The van der Waals surface area contributed by atoms with Crippen LogP contribution in [0.25, 0.3) is 0 Å². The summed E-state index contributed by atoms with van der Waals surface area (Å²) >= 11 is 0. The lowest BCUT2D eigenvalue weighted by atomic mass is 10.1. The monoisotopic (exact) mass is 264 g/mol. The molecule has 0 aliphatic rings. The smallest absolute Gasteiger partial charge is 0.236 e. The minimum absolute atomic E-state index is 0.206. The highest BCUT2D eigenvalue weighted by molar-refractivity contribution is 8.13. The Morgan fingerprint density at radius 2 is 1.94 bits per heavy atom. The molecule has 0 bridgehead atoms. The largest absolute Gasteiger partial charge is 0.352 e. The van der Waals surface area contributed by atoms with Crippen molar-refractivity contribution in [2.45, 2.75) is 12.0 Å². The predicted molar refractivity (Wildman–Crippen MR) is 61.7 cm³/mol. The van der Waals surface area contributed by atoms with Crippen molar-refractivity contribution in [2.75, 3.05) is 14.2 Å². The van der Waals surface area contributed by atoms with Crippen molar-refractivity contribution in [3.63, 3.8) is 0 Å². The summed E-state index contributed by atoms with van der Waals surface area (Å²) in [4.78, 5) is 0. The Labute approximate surface area is 99.6 Å². The topological polar surface area (TPSA) is 52.6 Å². The van der Waals surface area contributed by atoms with Gasteiger partial charge >= 0.3 is 0 Å². The van der Waals surface area contributed by atoms with Crippen LogP contribution in [0.2, 0.25) is 0 Å². The Hall–Kier alpha value is -0.620. The molecule has 0 spiro atoms. The molecule has 0 unspecified atom stereocenters. The normalized spacial score (nSPS) is 12.0. The molecule has 0 aromatic heterocycles. The van der Waals surface area contributed by atoms with E-state index in [4.69, 9.17) is 20.2 Å². The lowest BCUT2D eigenvalue weighted by Gasteiger charge is -2.14. The van der Waals surface area contributed by atoms with Gasteiger partial charge in [-0.15, -0.1) is 0 Å². The van der Waals surface area contributed by atoms with Crippen molar-refractivity contribution in [2.24, 2.45) is 0 Å². The molecule has 16 heavy (non-hydrogen) atoms. The van der Waals surface area contributed by atoms with Gasteiger partial charge in [0.05, 0.1) is 5.75 Å². The van der Waals surface area contributed by atoms with E-state index in [-0.39, 0.29) is 5.75 Å². The molecule has 0 heterocycles. The first-order valence-corrected chi connectivity index (χ1v) is 7.01. The van der Waals surface area contributed by atoms with Crippen molar-refractivity contribution in [1.29, 1.82) is 0 Å². The van der Waals surface area contributed by atoms with Crippen molar-refractivity contribution in [1.82, 2.24) is 0 Å². The molecule has 1 aromatic carbocycles.